The molecular weight excluding hydrogens is 308 g/mol. The maximum Gasteiger partial charge on any atom is 0.267 e. The quantitative estimate of drug-likeness (QED) is 0.770. The smallest absolute Gasteiger partial charge is 0.267 e. The average molecular weight is 320 g/mol. The van der Waals surface area contributed by atoms with Gasteiger partial charge in [-0.3, -0.25) is 9.59 Å². The van der Waals surface area contributed by atoms with E-state index in [0.717, 1.165) is 4.68 Å². The number of aromatic nitrogens is 4. The van der Waals surface area contributed by atoms with Gasteiger partial charge in [0, 0.05) is 18.5 Å². The number of para-hydroxylation sites is 1. The van der Waals surface area contributed by atoms with Crippen molar-refractivity contribution in [1.82, 2.24) is 19.6 Å². The van der Waals surface area contributed by atoms with Gasteiger partial charge in [0.1, 0.15) is 12.6 Å². The summed E-state index contributed by atoms with van der Waals surface area (Å²) in [7, 11) is 0. The van der Waals surface area contributed by atoms with E-state index in [1.807, 2.05) is 6.07 Å². The van der Waals surface area contributed by atoms with Crippen molar-refractivity contribution in [3.63, 3.8) is 0 Å². The number of hydrogen-bond acceptors (Lipinski definition) is 5. The topological polar surface area (TPSA) is 106 Å². The zero-order valence-electron chi connectivity index (χ0n) is 12.5. The fourth-order valence-corrected chi connectivity index (χ4v) is 2.09. The number of amides is 1. The molecule has 0 radical (unpaired) electrons. The molecule has 1 amide bonds. The highest BCUT2D eigenvalue weighted by Gasteiger charge is 2.10. The molecule has 0 bridgehead atoms. The third-order valence-electron chi connectivity index (χ3n) is 3.21. The highest BCUT2D eigenvalue weighted by Crippen LogP contribution is 2.13. The van der Waals surface area contributed by atoms with Crippen LogP contribution in [0.4, 0.5) is 5.69 Å². The molecule has 0 aliphatic heterocycles. The molecule has 0 spiro atoms. The van der Waals surface area contributed by atoms with E-state index in [4.69, 9.17) is 5.26 Å². The van der Waals surface area contributed by atoms with E-state index in [1.165, 1.54) is 16.8 Å². The van der Waals surface area contributed by atoms with E-state index in [1.54, 1.807) is 42.7 Å². The minimum absolute atomic E-state index is 0.270. The SMILES string of the molecule is N#Cc1ccccc1NC(=O)Cn1nc(-n2cccn2)ccc1=O. The van der Waals surface area contributed by atoms with E-state index in [-0.39, 0.29) is 6.54 Å². The molecule has 0 aliphatic carbocycles. The summed E-state index contributed by atoms with van der Waals surface area (Å²) in [6.45, 7) is -0.270. The second-order valence-corrected chi connectivity index (χ2v) is 4.84. The van der Waals surface area contributed by atoms with E-state index in [0.29, 0.717) is 17.1 Å². The number of nitriles is 1. The molecule has 0 aliphatic rings. The van der Waals surface area contributed by atoms with Gasteiger partial charge < -0.3 is 5.32 Å². The number of carbonyl (C=O) groups is 1. The summed E-state index contributed by atoms with van der Waals surface area (Å²) in [4.78, 5) is 24.0. The number of benzene rings is 1. The van der Waals surface area contributed by atoms with Gasteiger partial charge in [0.2, 0.25) is 5.91 Å². The van der Waals surface area contributed by atoms with Crippen LogP contribution in [0.5, 0.6) is 0 Å². The predicted molar refractivity (Wildman–Crippen MR) is 85.4 cm³/mol. The van der Waals surface area contributed by atoms with E-state index < -0.39 is 11.5 Å². The van der Waals surface area contributed by atoms with Crippen LogP contribution in [-0.4, -0.2) is 25.5 Å². The summed E-state index contributed by atoms with van der Waals surface area (Å²) in [6, 6.07) is 13.2. The largest absolute Gasteiger partial charge is 0.323 e. The lowest BCUT2D eigenvalue weighted by atomic mass is 10.2. The standard InChI is InChI=1S/C16H12N6O2/c17-10-12-4-1-2-5-13(12)19-15(23)11-22-16(24)7-6-14(20-22)21-9-3-8-18-21/h1-9H,11H2,(H,19,23). The second-order valence-electron chi connectivity index (χ2n) is 4.84. The average Bonchev–Trinajstić information content (AvgIpc) is 3.12. The van der Waals surface area contributed by atoms with Crippen molar-refractivity contribution in [3.8, 4) is 11.9 Å². The minimum atomic E-state index is -0.454. The summed E-state index contributed by atoms with van der Waals surface area (Å²) in [5.74, 6) is -0.0326. The Bertz CT molecular complexity index is 969. The van der Waals surface area contributed by atoms with Crippen molar-refractivity contribution in [1.29, 1.82) is 5.26 Å². The van der Waals surface area contributed by atoms with Gasteiger partial charge in [-0.1, -0.05) is 12.1 Å². The number of rotatable bonds is 4. The predicted octanol–water partition coefficient (Wildman–Crippen LogP) is 0.939. The molecule has 24 heavy (non-hydrogen) atoms. The summed E-state index contributed by atoms with van der Waals surface area (Å²) < 4.78 is 2.53. The van der Waals surface area contributed by atoms with Crippen LogP contribution in [0.1, 0.15) is 5.56 Å². The zero-order chi connectivity index (χ0) is 16.9. The van der Waals surface area contributed by atoms with Gasteiger partial charge in [-0.15, -0.1) is 5.10 Å². The molecule has 118 valence electrons. The number of anilines is 1. The van der Waals surface area contributed by atoms with Crippen LogP contribution < -0.4 is 10.9 Å². The molecule has 3 rings (SSSR count). The highest BCUT2D eigenvalue weighted by atomic mass is 16.2. The van der Waals surface area contributed by atoms with Gasteiger partial charge in [-0.05, 0) is 24.3 Å². The number of carbonyl (C=O) groups excluding carboxylic acids is 1. The van der Waals surface area contributed by atoms with Crippen molar-refractivity contribution in [2.75, 3.05) is 5.32 Å². The van der Waals surface area contributed by atoms with Crippen molar-refractivity contribution < 1.29 is 4.79 Å². The molecule has 0 saturated heterocycles. The van der Waals surface area contributed by atoms with Crippen LogP contribution >= 0.6 is 0 Å². The monoisotopic (exact) mass is 320 g/mol. The van der Waals surface area contributed by atoms with Crippen molar-refractivity contribution in [3.05, 3.63) is 70.8 Å². The van der Waals surface area contributed by atoms with Crippen LogP contribution in [0.3, 0.4) is 0 Å². The van der Waals surface area contributed by atoms with Crippen LogP contribution in [0.15, 0.2) is 59.7 Å². The van der Waals surface area contributed by atoms with Crippen LogP contribution in [0, 0.1) is 11.3 Å². The first-order valence-corrected chi connectivity index (χ1v) is 7.04. The summed E-state index contributed by atoms with van der Waals surface area (Å²) in [5.41, 5.74) is 0.326. The summed E-state index contributed by atoms with van der Waals surface area (Å²) >= 11 is 0. The van der Waals surface area contributed by atoms with E-state index in [9.17, 15) is 9.59 Å². The maximum atomic E-state index is 12.2. The first-order valence-electron chi connectivity index (χ1n) is 7.04. The van der Waals surface area contributed by atoms with Crippen molar-refractivity contribution in [2.24, 2.45) is 0 Å². The Morgan fingerprint density at radius 2 is 2.04 bits per heavy atom. The summed E-state index contributed by atoms with van der Waals surface area (Å²) in [5, 5.41) is 19.8. The third-order valence-corrected chi connectivity index (χ3v) is 3.21. The molecule has 1 aromatic carbocycles. The molecule has 2 heterocycles. The van der Waals surface area contributed by atoms with Crippen LogP contribution in [0.2, 0.25) is 0 Å². The summed E-state index contributed by atoms with van der Waals surface area (Å²) in [6.07, 6.45) is 3.27. The Hall–Kier alpha value is -3.73. The Morgan fingerprint density at radius 3 is 2.79 bits per heavy atom. The molecule has 3 aromatic rings. The molecule has 0 saturated carbocycles. The number of nitrogens with one attached hydrogen (secondary N) is 1. The second kappa shape index (κ2) is 6.58. The highest BCUT2D eigenvalue weighted by molar-refractivity contribution is 5.91. The fraction of sp³-hybridized carbons (Fsp3) is 0.0625. The Kier molecular flexibility index (Phi) is 4.16. The van der Waals surface area contributed by atoms with Gasteiger partial charge in [-0.25, -0.2) is 9.36 Å². The first kappa shape index (κ1) is 15.2. The zero-order valence-corrected chi connectivity index (χ0v) is 12.5. The Labute approximate surface area is 136 Å². The van der Waals surface area contributed by atoms with E-state index in [2.05, 4.69) is 15.5 Å². The van der Waals surface area contributed by atoms with Gasteiger partial charge in [0.25, 0.3) is 5.56 Å². The van der Waals surface area contributed by atoms with Gasteiger partial charge in [-0.2, -0.15) is 10.4 Å². The molecule has 0 unspecified atom stereocenters. The lowest BCUT2D eigenvalue weighted by Gasteiger charge is -2.09. The molecule has 2 aromatic heterocycles. The van der Waals surface area contributed by atoms with Crippen molar-refractivity contribution >= 4 is 11.6 Å². The molecular formula is C16H12N6O2. The van der Waals surface area contributed by atoms with Crippen LogP contribution in [0.25, 0.3) is 5.82 Å². The normalized spacial score (nSPS) is 10.1. The lowest BCUT2D eigenvalue weighted by Crippen LogP contribution is -2.30. The molecule has 1 N–H and O–H groups in total. The first-order chi connectivity index (χ1) is 11.7. The Balaban J connectivity index is 1.81. The molecule has 0 atom stereocenters. The van der Waals surface area contributed by atoms with Gasteiger partial charge >= 0.3 is 0 Å². The molecule has 0 fully saturated rings. The number of nitrogens with zero attached hydrogens (tertiary/aromatic N) is 5. The third kappa shape index (κ3) is 3.20. The van der Waals surface area contributed by atoms with E-state index >= 15 is 0 Å². The van der Waals surface area contributed by atoms with Crippen molar-refractivity contribution in [2.45, 2.75) is 6.54 Å². The molecule has 8 heteroatoms. The maximum absolute atomic E-state index is 12.2. The minimum Gasteiger partial charge on any atom is -0.323 e. The van der Waals surface area contributed by atoms with Gasteiger partial charge in [0.05, 0.1) is 11.3 Å². The molecule has 8 nitrogen and oxygen atoms in total. The van der Waals surface area contributed by atoms with Gasteiger partial charge in [0.15, 0.2) is 5.82 Å². The Morgan fingerprint density at radius 1 is 1.21 bits per heavy atom. The van der Waals surface area contributed by atoms with Crippen LogP contribution in [-0.2, 0) is 11.3 Å². The lowest BCUT2D eigenvalue weighted by molar-refractivity contribution is -0.117. The number of hydrogen-bond donors (Lipinski definition) is 1. The fourth-order valence-electron chi connectivity index (χ4n) is 2.09.